The van der Waals surface area contributed by atoms with Crippen molar-refractivity contribution < 1.29 is 18.7 Å². The van der Waals surface area contributed by atoms with Gasteiger partial charge in [-0.1, -0.05) is 35.0 Å². The summed E-state index contributed by atoms with van der Waals surface area (Å²) in [5.41, 5.74) is 0.460. The quantitative estimate of drug-likeness (QED) is 0.0541. The molecule has 4 heterocycles. The summed E-state index contributed by atoms with van der Waals surface area (Å²) in [4.78, 5) is 46.3. The van der Waals surface area contributed by atoms with Gasteiger partial charge in [0.15, 0.2) is 16.7 Å². The molecule has 6 rings (SSSR count). The van der Waals surface area contributed by atoms with Crippen LogP contribution in [-0.4, -0.2) is 42.4 Å². The molecule has 0 aliphatic heterocycles. The second-order valence-corrected chi connectivity index (χ2v) is 11.6. The smallest absolute Gasteiger partial charge is 0.294 e. The van der Waals surface area contributed by atoms with Gasteiger partial charge in [-0.05, 0) is 66.9 Å². The Hall–Kier alpha value is -4.18. The Bertz CT molecular complexity index is 2130. The van der Waals surface area contributed by atoms with Crippen LogP contribution in [0.2, 0.25) is 10.0 Å². The largest absolute Gasteiger partial charge is 0.452 e. The number of aromatic nitrogens is 6. The lowest BCUT2D eigenvalue weighted by Gasteiger charge is -2.10. The molecule has 0 saturated heterocycles. The number of halogens is 2. The number of benzene rings is 2. The summed E-state index contributed by atoms with van der Waals surface area (Å²) in [5.74, 6) is 1.45. The van der Waals surface area contributed by atoms with E-state index in [1.165, 1.54) is 28.0 Å². The Morgan fingerprint density at radius 1 is 0.696 bits per heavy atom. The van der Waals surface area contributed by atoms with Crippen molar-refractivity contribution in [2.45, 2.75) is 10.3 Å². The fourth-order valence-electron chi connectivity index (χ4n) is 4.01. The van der Waals surface area contributed by atoms with Gasteiger partial charge in [-0.3, -0.25) is 18.7 Å². The average Bonchev–Trinajstić information content (AvgIpc) is 3.07. The minimum atomic E-state index is -0.320. The van der Waals surface area contributed by atoms with Crippen LogP contribution in [0.3, 0.4) is 0 Å². The summed E-state index contributed by atoms with van der Waals surface area (Å²) >= 11 is 14.0. The second-order valence-electron chi connectivity index (χ2n) is 9.24. The van der Waals surface area contributed by atoms with Gasteiger partial charge in [0.05, 0.1) is 7.11 Å². The molecule has 0 amide bonds. The van der Waals surface area contributed by atoms with Gasteiger partial charge in [-0.25, -0.2) is 24.8 Å². The molecule has 0 unspecified atom stereocenters. The Balaban J connectivity index is 0.000000182. The third-order valence-electron chi connectivity index (χ3n) is 6.23. The Kier molecular flexibility index (Phi) is 10.8. The molecule has 6 aromatic rings. The van der Waals surface area contributed by atoms with Gasteiger partial charge >= 0.3 is 0 Å². The average molecular weight is 700 g/mol. The lowest BCUT2D eigenvalue weighted by molar-refractivity contribution is -0.160. The van der Waals surface area contributed by atoms with Crippen LogP contribution < -0.4 is 20.6 Å². The predicted octanol–water partition coefficient (Wildman–Crippen LogP) is 6.86. The van der Waals surface area contributed by atoms with Crippen molar-refractivity contribution >= 4 is 69.1 Å². The maximum absolute atomic E-state index is 12.5. The van der Waals surface area contributed by atoms with Gasteiger partial charge in [-0.15, -0.1) is 0 Å². The molecule has 46 heavy (non-hydrogen) atoms. The fraction of sp³-hybridized carbons (Fsp3) is 0.133. The highest BCUT2D eigenvalue weighted by Crippen LogP contribution is 2.25. The van der Waals surface area contributed by atoms with Crippen molar-refractivity contribution in [2.24, 2.45) is 14.1 Å². The highest BCUT2D eigenvalue weighted by Gasteiger charge is 2.13. The molecule has 12 nitrogen and oxygen atoms in total. The molecule has 16 heteroatoms. The molecular weight excluding hydrogens is 675 g/mol. The van der Waals surface area contributed by atoms with Crippen molar-refractivity contribution in [3.63, 3.8) is 0 Å². The van der Waals surface area contributed by atoms with Gasteiger partial charge in [0.2, 0.25) is 5.16 Å². The first kappa shape index (κ1) is 33.2. The predicted molar refractivity (Wildman–Crippen MR) is 178 cm³/mol. The van der Waals surface area contributed by atoms with Crippen LogP contribution in [0.1, 0.15) is 0 Å². The molecule has 2 aromatic carbocycles. The molecule has 0 bridgehead atoms. The molecule has 0 aliphatic rings. The van der Waals surface area contributed by atoms with E-state index in [2.05, 4.69) is 24.8 Å². The number of rotatable bonds is 8. The van der Waals surface area contributed by atoms with Gasteiger partial charge in [0.25, 0.3) is 11.1 Å². The summed E-state index contributed by atoms with van der Waals surface area (Å²) in [7, 11) is 4.65. The van der Waals surface area contributed by atoms with Crippen molar-refractivity contribution in [1.82, 2.24) is 29.1 Å². The molecule has 0 saturated carbocycles. The maximum atomic E-state index is 12.5. The Morgan fingerprint density at radius 3 is 1.57 bits per heavy atom. The summed E-state index contributed by atoms with van der Waals surface area (Å²) < 4.78 is 18.9. The van der Waals surface area contributed by atoms with Crippen molar-refractivity contribution in [1.29, 1.82) is 0 Å². The molecule has 0 aliphatic carbocycles. The Labute approximate surface area is 280 Å². The number of nitrogens with zero attached hydrogens (tertiary/aromatic N) is 6. The number of hydrogen-bond donors (Lipinski definition) is 0. The number of pyridine rings is 2. The normalized spacial score (nSPS) is 10.9. The van der Waals surface area contributed by atoms with Crippen LogP contribution in [0.4, 0.5) is 0 Å². The van der Waals surface area contributed by atoms with Crippen LogP contribution in [0, 0.1) is 0 Å². The number of aryl methyl sites for hydroxylation is 2. The third-order valence-corrected chi connectivity index (χ3v) is 7.84. The summed E-state index contributed by atoms with van der Waals surface area (Å²) in [5, 5.41) is 3.54. The Morgan fingerprint density at radius 2 is 1.13 bits per heavy atom. The number of thioether (sulfide) groups is 1. The van der Waals surface area contributed by atoms with Gasteiger partial charge in [0, 0.05) is 47.3 Å². The van der Waals surface area contributed by atoms with Crippen molar-refractivity contribution in [3.8, 4) is 23.0 Å². The molecule has 0 radical (unpaired) electrons. The lowest BCUT2D eigenvalue weighted by Crippen LogP contribution is -2.19. The second kappa shape index (κ2) is 14.9. The molecule has 0 N–H and O–H groups in total. The lowest BCUT2D eigenvalue weighted by atomic mass is 10.3. The standard InChI is InChI=1S/C15H12ClN3O4S.C15H12ClN3O2S/c1-19-13-9(8-17-15(18-13)24-23-21-2)7-12(14(19)20)22-11-5-3-10(16)4-6-11;1-19-13-9(8-17-15(18-13)22-2)7-12(14(19)20)21-11-5-3-10(16)4-6-11/h3-8H,1-2H3;3-8H,1-2H3. The molecule has 236 valence electrons. The summed E-state index contributed by atoms with van der Waals surface area (Å²) in [6.07, 6.45) is 5.15. The molecule has 4 aromatic heterocycles. The minimum Gasteiger partial charge on any atom is -0.452 e. The van der Waals surface area contributed by atoms with Crippen LogP contribution in [-0.2, 0) is 23.3 Å². The highest BCUT2D eigenvalue weighted by molar-refractivity contribution is 7.98. The van der Waals surface area contributed by atoms with Crippen LogP contribution in [0.25, 0.3) is 22.1 Å². The number of ether oxygens (including phenoxy) is 2. The minimum absolute atomic E-state index is 0.171. The van der Waals surface area contributed by atoms with Gasteiger partial charge in [-0.2, -0.15) is 4.33 Å². The molecule has 0 atom stereocenters. The van der Waals surface area contributed by atoms with E-state index in [0.29, 0.717) is 48.5 Å². The summed E-state index contributed by atoms with van der Waals surface area (Å²) in [6.45, 7) is 0. The van der Waals surface area contributed by atoms with E-state index in [4.69, 9.17) is 37.0 Å². The van der Waals surface area contributed by atoms with E-state index in [1.54, 1.807) is 87.2 Å². The number of hydrogen-bond acceptors (Lipinski definition) is 12. The van der Waals surface area contributed by atoms with Gasteiger partial charge in [0.1, 0.15) is 34.8 Å². The zero-order chi connectivity index (χ0) is 32.8. The molecular formula is C30H24Cl2N6O6S2. The third kappa shape index (κ3) is 7.78. The van der Waals surface area contributed by atoms with E-state index < -0.39 is 0 Å². The monoisotopic (exact) mass is 698 g/mol. The van der Waals surface area contributed by atoms with Crippen molar-refractivity contribution in [3.05, 3.63) is 104 Å². The van der Waals surface area contributed by atoms with E-state index in [-0.39, 0.29) is 22.6 Å². The maximum Gasteiger partial charge on any atom is 0.294 e. The first-order valence-corrected chi connectivity index (χ1v) is 15.9. The van der Waals surface area contributed by atoms with Gasteiger partial charge < -0.3 is 9.47 Å². The van der Waals surface area contributed by atoms with Crippen LogP contribution in [0.15, 0.2) is 93.0 Å². The zero-order valence-corrected chi connectivity index (χ0v) is 27.8. The molecule has 0 spiro atoms. The first-order chi connectivity index (χ1) is 22.2. The number of fused-ring (bicyclic) bond motifs is 2. The van der Waals surface area contributed by atoms with E-state index >= 15 is 0 Å². The van der Waals surface area contributed by atoms with Crippen LogP contribution in [0.5, 0.6) is 23.0 Å². The highest BCUT2D eigenvalue weighted by atomic mass is 35.5. The van der Waals surface area contributed by atoms with Crippen LogP contribution >= 0.6 is 47.0 Å². The SMILES string of the molecule is COOSc1ncc2cc(Oc3ccc(Cl)cc3)c(=O)n(C)c2n1.CSc1ncc2cc(Oc3ccc(Cl)cc3)c(=O)n(C)c2n1. The van der Waals surface area contributed by atoms with E-state index in [1.807, 2.05) is 6.26 Å². The molecule has 0 fully saturated rings. The summed E-state index contributed by atoms with van der Waals surface area (Å²) in [6, 6.07) is 16.8. The first-order valence-electron chi connectivity index (χ1n) is 13.2. The van der Waals surface area contributed by atoms with Crippen molar-refractivity contribution in [2.75, 3.05) is 13.4 Å². The zero-order valence-electron chi connectivity index (χ0n) is 24.6. The fourth-order valence-corrected chi connectivity index (χ4v) is 4.95. The van der Waals surface area contributed by atoms with E-state index in [0.717, 1.165) is 17.4 Å². The van der Waals surface area contributed by atoms with E-state index in [9.17, 15) is 9.59 Å². The topological polar surface area (TPSA) is 132 Å².